The zero-order valence-electron chi connectivity index (χ0n) is 36.1. The molecule has 0 saturated heterocycles. The molecule has 0 N–H and O–H groups in total. The molecule has 2 aromatic rings. The zero-order valence-corrected chi connectivity index (χ0v) is 38.1. The summed E-state index contributed by atoms with van der Waals surface area (Å²) in [7, 11) is -3.07. The molecule has 0 aliphatic heterocycles. The second-order valence-corrected chi connectivity index (χ2v) is 28.0. The Kier molecular flexibility index (Phi) is 19.0. The largest absolute Gasteiger partial charge is 0.497 e. The molecule has 0 aliphatic carbocycles. The maximum absolute atomic E-state index is 9.05. The van der Waals surface area contributed by atoms with Crippen molar-refractivity contribution in [1.82, 2.24) is 0 Å². The fourth-order valence-electron chi connectivity index (χ4n) is 6.12. The van der Waals surface area contributed by atoms with E-state index in [0.29, 0.717) is 32.6 Å². The number of hydrogen-bond donors (Lipinski definition) is 0. The fraction of sp³-hybridized carbons (Fsp3) is 0.682. The highest BCUT2D eigenvalue weighted by Gasteiger charge is 2.48. The molecule has 302 valence electrons. The Morgan fingerprint density at radius 1 is 0.722 bits per heavy atom. The SMILES string of the molecule is C#CC[C@H](C)C[C@@H](OCc1ccccc1)[C@H](O[Si](C)(C)C(C)(C)C)[C@H](C[C@@H](OCc1ccc(OC)cc1)[C@H](C)C[C@H](C)CN=[N+]=[N-])O[Si](C)(C)C(C)(C)C. The van der Waals surface area contributed by atoms with Gasteiger partial charge in [-0.2, -0.15) is 0 Å². The molecule has 0 heterocycles. The average molecular weight is 780 g/mol. The van der Waals surface area contributed by atoms with Crippen molar-refractivity contribution in [2.24, 2.45) is 22.9 Å². The van der Waals surface area contributed by atoms with Crippen molar-refractivity contribution in [1.29, 1.82) is 0 Å². The minimum absolute atomic E-state index is 0.0429. The normalized spacial score (nSPS) is 16.6. The van der Waals surface area contributed by atoms with Gasteiger partial charge in [0.15, 0.2) is 16.6 Å². The molecular weight excluding hydrogens is 707 g/mol. The fourth-order valence-corrected chi connectivity index (χ4v) is 8.80. The van der Waals surface area contributed by atoms with Crippen molar-refractivity contribution in [2.45, 2.75) is 162 Å². The average Bonchev–Trinajstić information content (AvgIpc) is 3.09. The predicted molar refractivity (Wildman–Crippen MR) is 230 cm³/mol. The molecule has 0 unspecified atom stereocenters. The Morgan fingerprint density at radius 2 is 1.26 bits per heavy atom. The molecule has 54 heavy (non-hydrogen) atoms. The second kappa shape index (κ2) is 21.6. The Hall–Kier alpha value is -2.62. The van der Waals surface area contributed by atoms with Crippen molar-refractivity contribution in [2.75, 3.05) is 13.7 Å². The summed E-state index contributed by atoms with van der Waals surface area (Å²) >= 11 is 0. The summed E-state index contributed by atoms with van der Waals surface area (Å²) in [5, 5.41) is 3.81. The van der Waals surface area contributed by atoms with Gasteiger partial charge in [0.25, 0.3) is 0 Å². The monoisotopic (exact) mass is 780 g/mol. The number of nitrogens with zero attached hydrogens (tertiary/aromatic N) is 3. The van der Waals surface area contributed by atoms with E-state index in [2.05, 4.69) is 141 Å². The van der Waals surface area contributed by atoms with Crippen molar-refractivity contribution < 1.29 is 23.1 Å². The minimum atomic E-state index is -2.38. The first kappa shape index (κ1) is 47.5. The van der Waals surface area contributed by atoms with Crippen molar-refractivity contribution in [3.05, 3.63) is 76.2 Å². The number of methoxy groups -OCH3 is 1. The molecule has 0 fully saturated rings. The first-order chi connectivity index (χ1) is 25.1. The molecule has 0 spiro atoms. The quantitative estimate of drug-likeness (QED) is 0.0368. The number of hydrogen-bond acceptors (Lipinski definition) is 6. The van der Waals surface area contributed by atoms with E-state index in [0.717, 1.165) is 29.7 Å². The highest BCUT2D eigenvalue weighted by Crippen LogP contribution is 2.43. The van der Waals surface area contributed by atoms with E-state index in [1.165, 1.54) is 0 Å². The van der Waals surface area contributed by atoms with Crippen LogP contribution < -0.4 is 4.74 Å². The molecule has 2 rings (SSSR count). The minimum Gasteiger partial charge on any atom is -0.497 e. The van der Waals surface area contributed by atoms with Gasteiger partial charge in [0.1, 0.15) is 5.75 Å². The van der Waals surface area contributed by atoms with Crippen LogP contribution in [-0.2, 0) is 31.5 Å². The van der Waals surface area contributed by atoms with Crippen LogP contribution in [0.5, 0.6) is 5.75 Å². The number of benzene rings is 2. The van der Waals surface area contributed by atoms with Gasteiger partial charge in [0.2, 0.25) is 0 Å². The third-order valence-corrected chi connectivity index (χ3v) is 20.6. The molecule has 2 aromatic carbocycles. The zero-order chi connectivity index (χ0) is 40.7. The van der Waals surface area contributed by atoms with E-state index in [9.17, 15) is 0 Å². The third kappa shape index (κ3) is 15.5. The highest BCUT2D eigenvalue weighted by atomic mass is 28.4. The van der Waals surface area contributed by atoms with Crippen LogP contribution in [0.15, 0.2) is 59.7 Å². The van der Waals surface area contributed by atoms with Gasteiger partial charge < -0.3 is 23.1 Å². The first-order valence-corrected chi connectivity index (χ1v) is 25.7. The maximum Gasteiger partial charge on any atom is 0.192 e. The summed E-state index contributed by atoms with van der Waals surface area (Å²) in [6.45, 7) is 30.9. The van der Waals surface area contributed by atoms with E-state index in [-0.39, 0.29) is 52.2 Å². The summed E-state index contributed by atoms with van der Waals surface area (Å²) in [4.78, 5) is 3.03. The van der Waals surface area contributed by atoms with Crippen LogP contribution >= 0.6 is 0 Å². The van der Waals surface area contributed by atoms with Gasteiger partial charge in [-0.25, -0.2) is 0 Å². The van der Waals surface area contributed by atoms with Gasteiger partial charge in [-0.3, -0.25) is 0 Å². The second-order valence-electron chi connectivity index (χ2n) is 18.5. The highest BCUT2D eigenvalue weighted by molar-refractivity contribution is 6.74. The lowest BCUT2D eigenvalue weighted by atomic mass is 9.87. The van der Waals surface area contributed by atoms with Gasteiger partial charge in [-0.15, -0.1) is 12.3 Å². The molecule has 0 aliphatic rings. The van der Waals surface area contributed by atoms with Crippen LogP contribution in [-0.4, -0.2) is 54.7 Å². The van der Waals surface area contributed by atoms with Crippen LogP contribution in [0.25, 0.3) is 10.4 Å². The summed E-state index contributed by atoms with van der Waals surface area (Å²) < 4.78 is 34.6. The standard InChI is InChI=1S/C44H73N3O5Si2/c1-16-20-33(2)28-40(50-31-36-21-18-17-19-22-36)42(52-54(14,15)44(8,9)10)41(51-53(12,13)43(5,6)7)29-39(35(4)27-34(3)30-46-47-45)49-32-37-23-25-38(48-11)26-24-37/h1,17-19,21-26,33-35,39-42H,20,27-32H2,2-15H3/t33-,34-,35+,39+,40+,41-,42-/m0/s1. The third-order valence-electron chi connectivity index (χ3n) is 11.6. The number of azide groups is 1. The van der Waals surface area contributed by atoms with Gasteiger partial charge in [-0.05, 0) is 95.7 Å². The summed E-state index contributed by atoms with van der Waals surface area (Å²) in [5.74, 6) is 4.25. The number of ether oxygens (including phenoxy) is 3. The van der Waals surface area contributed by atoms with E-state index < -0.39 is 16.6 Å². The Morgan fingerprint density at radius 3 is 1.78 bits per heavy atom. The lowest BCUT2D eigenvalue weighted by Gasteiger charge is -2.48. The van der Waals surface area contributed by atoms with Crippen molar-refractivity contribution >= 4 is 16.6 Å². The molecule has 8 nitrogen and oxygen atoms in total. The molecule has 7 atom stereocenters. The number of terminal acetylenes is 1. The van der Waals surface area contributed by atoms with E-state index >= 15 is 0 Å². The van der Waals surface area contributed by atoms with Crippen molar-refractivity contribution in [3.63, 3.8) is 0 Å². The molecule has 0 radical (unpaired) electrons. The predicted octanol–water partition coefficient (Wildman–Crippen LogP) is 12.4. The Labute approximate surface area is 331 Å². The molecule has 0 saturated carbocycles. The number of rotatable bonds is 23. The van der Waals surface area contributed by atoms with Gasteiger partial charge in [0.05, 0.1) is 44.7 Å². The molecule has 0 aromatic heterocycles. The van der Waals surface area contributed by atoms with E-state index in [1.54, 1.807) is 7.11 Å². The van der Waals surface area contributed by atoms with Crippen LogP contribution in [0.2, 0.25) is 36.3 Å². The van der Waals surface area contributed by atoms with Crippen LogP contribution in [0, 0.1) is 30.1 Å². The lowest BCUT2D eigenvalue weighted by molar-refractivity contribution is -0.111. The smallest absolute Gasteiger partial charge is 0.192 e. The van der Waals surface area contributed by atoms with Crippen LogP contribution in [0.1, 0.15) is 99.1 Å². The van der Waals surface area contributed by atoms with Gasteiger partial charge >= 0.3 is 0 Å². The maximum atomic E-state index is 9.05. The van der Waals surface area contributed by atoms with Crippen LogP contribution in [0.4, 0.5) is 0 Å². The van der Waals surface area contributed by atoms with Gasteiger partial charge in [0, 0.05) is 24.3 Å². The van der Waals surface area contributed by atoms with Gasteiger partial charge in [-0.1, -0.05) is 110 Å². The lowest BCUT2D eigenvalue weighted by Crippen LogP contribution is -2.57. The Balaban J connectivity index is 2.78. The van der Waals surface area contributed by atoms with Crippen molar-refractivity contribution in [3.8, 4) is 18.1 Å². The molecular formula is C44H73N3O5Si2. The first-order valence-electron chi connectivity index (χ1n) is 19.8. The van der Waals surface area contributed by atoms with E-state index in [4.69, 9.17) is 35.0 Å². The summed E-state index contributed by atoms with van der Waals surface area (Å²) in [5.41, 5.74) is 11.2. The molecule has 10 heteroatoms. The summed E-state index contributed by atoms with van der Waals surface area (Å²) in [6, 6.07) is 18.4. The molecule has 0 bridgehead atoms. The Bertz CT molecular complexity index is 1460. The van der Waals surface area contributed by atoms with E-state index in [1.807, 2.05) is 18.2 Å². The summed E-state index contributed by atoms with van der Waals surface area (Å²) in [6.07, 6.45) is 7.56. The topological polar surface area (TPSA) is 94.9 Å². The van der Waals surface area contributed by atoms with Crippen LogP contribution in [0.3, 0.4) is 0 Å². The molecule has 0 amide bonds.